The molecular weight excluding hydrogens is 328 g/mol. The zero-order valence-corrected chi connectivity index (χ0v) is 15.8. The van der Waals surface area contributed by atoms with E-state index in [1.807, 2.05) is 13.8 Å². The molecule has 0 aromatic carbocycles. The van der Waals surface area contributed by atoms with Crippen molar-refractivity contribution in [2.24, 2.45) is 5.92 Å². The van der Waals surface area contributed by atoms with Gasteiger partial charge in [-0.15, -0.1) is 0 Å². The molecule has 24 heavy (non-hydrogen) atoms. The van der Waals surface area contributed by atoms with Gasteiger partial charge in [0.25, 0.3) is 0 Å². The van der Waals surface area contributed by atoms with E-state index in [2.05, 4.69) is 28.4 Å². The van der Waals surface area contributed by atoms with E-state index in [-0.39, 0.29) is 17.3 Å². The third-order valence-electron chi connectivity index (χ3n) is 4.70. The number of urea groups is 1. The molecule has 5 unspecified atom stereocenters. The van der Waals surface area contributed by atoms with Crippen LogP contribution in [0.25, 0.3) is 0 Å². The molecule has 0 bridgehead atoms. The molecule has 0 aromatic heterocycles. The molecule has 2 fully saturated rings. The summed E-state index contributed by atoms with van der Waals surface area (Å²) in [5, 5.41) is 9.44. The maximum atomic E-state index is 12.5. The van der Waals surface area contributed by atoms with Crippen LogP contribution in [0.15, 0.2) is 0 Å². The molecule has 0 spiro atoms. The third-order valence-corrected chi connectivity index (χ3v) is 5.93. The second kappa shape index (κ2) is 9.70. The Balaban J connectivity index is 1.83. The molecule has 8 heteroatoms. The van der Waals surface area contributed by atoms with E-state index in [1.54, 1.807) is 0 Å². The number of amides is 2. The Kier molecular flexibility index (Phi) is 7.93. The Morgan fingerprint density at radius 3 is 2.79 bits per heavy atom. The predicted molar refractivity (Wildman–Crippen MR) is 95.6 cm³/mol. The van der Waals surface area contributed by atoms with Crippen LogP contribution < -0.4 is 21.4 Å². The van der Waals surface area contributed by atoms with Gasteiger partial charge in [0.05, 0.1) is 5.25 Å². The molecule has 0 aromatic rings. The van der Waals surface area contributed by atoms with Gasteiger partial charge >= 0.3 is 6.03 Å². The zero-order valence-electron chi connectivity index (χ0n) is 15.0. The summed E-state index contributed by atoms with van der Waals surface area (Å²) in [5.41, 5.74) is 2.24. The molecular formula is C16H32N4O3S. The molecule has 0 radical (unpaired) electrons. The summed E-state index contributed by atoms with van der Waals surface area (Å²) < 4.78 is 17.6. The quantitative estimate of drug-likeness (QED) is 0.534. The number of hydrogen-bond donors (Lipinski definition) is 4. The lowest BCUT2D eigenvalue weighted by Crippen LogP contribution is -2.56. The van der Waals surface area contributed by atoms with Gasteiger partial charge in [-0.1, -0.05) is 19.8 Å². The molecule has 2 aliphatic rings. The van der Waals surface area contributed by atoms with E-state index < -0.39 is 17.1 Å². The van der Waals surface area contributed by atoms with Crippen molar-refractivity contribution >= 4 is 17.1 Å². The Labute approximate surface area is 147 Å². The SMILES string of the molecule is CC1CCCC(NC2CCNCC2S(=O)ONC(=O)NC(C)C)C1. The van der Waals surface area contributed by atoms with Crippen LogP contribution in [0.3, 0.4) is 0 Å². The number of carbonyl (C=O) groups is 1. The van der Waals surface area contributed by atoms with Crippen molar-refractivity contribution in [3.8, 4) is 0 Å². The zero-order chi connectivity index (χ0) is 17.5. The Morgan fingerprint density at radius 1 is 1.29 bits per heavy atom. The van der Waals surface area contributed by atoms with Crippen LogP contribution in [0.5, 0.6) is 0 Å². The van der Waals surface area contributed by atoms with Gasteiger partial charge in [0.15, 0.2) is 11.1 Å². The van der Waals surface area contributed by atoms with Gasteiger partial charge < -0.3 is 16.0 Å². The maximum Gasteiger partial charge on any atom is 0.339 e. The molecule has 2 amide bonds. The van der Waals surface area contributed by atoms with E-state index in [4.69, 9.17) is 4.28 Å². The summed E-state index contributed by atoms with van der Waals surface area (Å²) in [4.78, 5) is 11.6. The number of hydrogen-bond acceptors (Lipinski definition) is 5. The number of piperidine rings is 1. The van der Waals surface area contributed by atoms with Crippen LogP contribution in [0, 0.1) is 5.92 Å². The highest BCUT2D eigenvalue weighted by Gasteiger charge is 2.33. The van der Waals surface area contributed by atoms with Crippen molar-refractivity contribution in [2.45, 2.75) is 76.3 Å². The standard InChI is InChI=1S/C16H32N4O3S/c1-11(2)18-16(21)20-23-24(22)15-10-17-8-7-14(15)19-13-6-4-5-12(3)9-13/h11-15,17,19H,4-10H2,1-3H3,(H2,18,20,21). The van der Waals surface area contributed by atoms with Gasteiger partial charge in [-0.3, -0.25) is 0 Å². The molecule has 4 N–H and O–H groups in total. The number of rotatable bonds is 6. The monoisotopic (exact) mass is 360 g/mol. The fraction of sp³-hybridized carbons (Fsp3) is 0.938. The average Bonchev–Trinajstić information content (AvgIpc) is 2.52. The van der Waals surface area contributed by atoms with Gasteiger partial charge in [0.1, 0.15) is 0 Å². The van der Waals surface area contributed by atoms with Crippen molar-refractivity contribution < 1.29 is 13.3 Å². The minimum atomic E-state index is -1.58. The van der Waals surface area contributed by atoms with E-state index in [0.29, 0.717) is 12.6 Å². The van der Waals surface area contributed by atoms with Crippen LogP contribution in [0.2, 0.25) is 0 Å². The highest BCUT2D eigenvalue weighted by Crippen LogP contribution is 2.25. The van der Waals surface area contributed by atoms with Crippen LogP contribution >= 0.6 is 0 Å². The van der Waals surface area contributed by atoms with Crippen LogP contribution in [0.4, 0.5) is 4.79 Å². The van der Waals surface area contributed by atoms with Crippen molar-refractivity contribution in [2.75, 3.05) is 13.1 Å². The molecule has 140 valence electrons. The molecule has 1 aliphatic heterocycles. The average molecular weight is 361 g/mol. The summed E-state index contributed by atoms with van der Waals surface area (Å²) >= 11 is -1.58. The fourth-order valence-corrected chi connectivity index (χ4v) is 4.56. The Bertz CT molecular complexity index is 436. The second-order valence-electron chi connectivity index (χ2n) is 7.35. The van der Waals surface area contributed by atoms with E-state index >= 15 is 0 Å². The van der Waals surface area contributed by atoms with Crippen molar-refractivity contribution in [1.29, 1.82) is 0 Å². The van der Waals surface area contributed by atoms with Crippen LogP contribution in [0.1, 0.15) is 52.9 Å². The number of hydroxylamine groups is 1. The fourth-order valence-electron chi connectivity index (χ4n) is 3.54. The highest BCUT2D eigenvalue weighted by molar-refractivity contribution is 7.80. The lowest BCUT2D eigenvalue weighted by atomic mass is 9.86. The first-order chi connectivity index (χ1) is 11.5. The molecule has 5 atom stereocenters. The summed E-state index contributed by atoms with van der Waals surface area (Å²) in [6.45, 7) is 7.54. The largest absolute Gasteiger partial charge is 0.339 e. The van der Waals surface area contributed by atoms with E-state index in [1.165, 1.54) is 25.7 Å². The first kappa shape index (κ1) is 19.6. The molecule has 1 heterocycles. The summed E-state index contributed by atoms with van der Waals surface area (Å²) in [5.74, 6) is 0.750. The molecule has 2 rings (SSSR count). The normalized spacial score (nSPS) is 32.3. The van der Waals surface area contributed by atoms with E-state index in [0.717, 1.165) is 18.9 Å². The molecule has 1 aliphatic carbocycles. The number of carbonyl (C=O) groups excluding carboxylic acids is 1. The van der Waals surface area contributed by atoms with Crippen molar-refractivity contribution in [3.05, 3.63) is 0 Å². The van der Waals surface area contributed by atoms with Crippen LogP contribution in [-0.4, -0.2) is 46.7 Å². The van der Waals surface area contributed by atoms with Gasteiger partial charge in [0, 0.05) is 24.7 Å². The first-order valence-corrected chi connectivity index (χ1v) is 10.2. The second-order valence-corrected chi connectivity index (χ2v) is 8.64. The Morgan fingerprint density at radius 2 is 2.08 bits per heavy atom. The molecule has 1 saturated carbocycles. The van der Waals surface area contributed by atoms with Crippen molar-refractivity contribution in [3.63, 3.8) is 0 Å². The number of nitrogens with one attached hydrogen (secondary N) is 4. The summed E-state index contributed by atoms with van der Waals surface area (Å²) in [7, 11) is 0. The molecule has 1 saturated heterocycles. The van der Waals surface area contributed by atoms with E-state index in [9.17, 15) is 9.00 Å². The smallest absolute Gasteiger partial charge is 0.334 e. The first-order valence-electron chi connectivity index (χ1n) is 9.07. The maximum absolute atomic E-state index is 12.5. The lowest BCUT2D eigenvalue weighted by molar-refractivity contribution is 0.183. The lowest BCUT2D eigenvalue weighted by Gasteiger charge is -2.36. The van der Waals surface area contributed by atoms with Gasteiger partial charge in [-0.2, -0.15) is 4.28 Å². The van der Waals surface area contributed by atoms with Crippen molar-refractivity contribution in [1.82, 2.24) is 21.4 Å². The highest BCUT2D eigenvalue weighted by atomic mass is 32.2. The topological polar surface area (TPSA) is 91.5 Å². The third kappa shape index (κ3) is 6.31. The van der Waals surface area contributed by atoms with Crippen LogP contribution in [-0.2, 0) is 15.4 Å². The molecule has 7 nitrogen and oxygen atoms in total. The predicted octanol–water partition coefficient (Wildman–Crippen LogP) is 1.19. The minimum absolute atomic E-state index is 0.00101. The summed E-state index contributed by atoms with van der Waals surface area (Å²) in [6, 6.07) is 0.180. The summed E-state index contributed by atoms with van der Waals surface area (Å²) in [6.07, 6.45) is 5.84. The van der Waals surface area contributed by atoms with Gasteiger partial charge in [-0.25, -0.2) is 14.5 Å². The Hall–Kier alpha value is -0.700. The van der Waals surface area contributed by atoms with Gasteiger partial charge in [-0.05, 0) is 45.6 Å². The van der Waals surface area contributed by atoms with Gasteiger partial charge in [0.2, 0.25) is 0 Å². The minimum Gasteiger partial charge on any atom is -0.334 e.